The van der Waals surface area contributed by atoms with Crippen LogP contribution in [0.2, 0.25) is 0 Å². The van der Waals surface area contributed by atoms with Gasteiger partial charge in [-0.2, -0.15) is 0 Å². The van der Waals surface area contributed by atoms with E-state index in [4.69, 9.17) is 4.74 Å². The van der Waals surface area contributed by atoms with Crippen molar-refractivity contribution >= 4 is 28.1 Å². The van der Waals surface area contributed by atoms with Crippen LogP contribution >= 0.6 is 0 Å². The number of nitro benzene ring substituents is 2. The predicted molar refractivity (Wildman–Crippen MR) is 111 cm³/mol. The first-order valence-corrected chi connectivity index (χ1v) is 9.04. The van der Waals surface area contributed by atoms with E-state index in [2.05, 4.69) is 4.98 Å². The largest absolute Gasteiger partial charge is 0.448 e. The van der Waals surface area contributed by atoms with Crippen LogP contribution in [-0.4, -0.2) is 20.6 Å². The van der Waals surface area contributed by atoms with Crippen LogP contribution in [0, 0.1) is 20.2 Å². The Labute approximate surface area is 174 Å². The zero-order valence-corrected chi connectivity index (χ0v) is 15.8. The van der Waals surface area contributed by atoms with Crippen LogP contribution in [0.15, 0.2) is 79.0 Å². The first kappa shape index (κ1) is 19.6. The van der Waals surface area contributed by atoms with E-state index in [1.54, 1.807) is 36.4 Å². The molecule has 0 saturated carbocycles. The van der Waals surface area contributed by atoms with E-state index >= 15 is 0 Å². The Morgan fingerprint density at radius 1 is 0.774 bits per heavy atom. The molecule has 0 bridgehead atoms. The number of nitrogens with zero attached hydrogens (tertiary/aromatic N) is 3. The van der Waals surface area contributed by atoms with Gasteiger partial charge in [0.25, 0.3) is 5.69 Å². The van der Waals surface area contributed by atoms with Gasteiger partial charge in [-0.1, -0.05) is 30.3 Å². The summed E-state index contributed by atoms with van der Waals surface area (Å²) in [6.07, 6.45) is 1.44. The Bertz CT molecular complexity index is 1340. The highest BCUT2D eigenvalue weighted by molar-refractivity contribution is 6.09. The number of carbonyl (C=O) groups is 1. The zero-order valence-electron chi connectivity index (χ0n) is 15.8. The van der Waals surface area contributed by atoms with E-state index < -0.39 is 15.5 Å². The molecule has 0 N–H and O–H groups in total. The maximum atomic E-state index is 12.6. The summed E-state index contributed by atoms with van der Waals surface area (Å²) in [5.41, 5.74) is 0.154. The summed E-state index contributed by atoms with van der Waals surface area (Å²) in [6, 6.07) is 17.9. The number of fused-ring (bicyclic) bond motifs is 1. The molecule has 0 amide bonds. The van der Waals surface area contributed by atoms with Crippen molar-refractivity contribution in [1.82, 2.24) is 4.98 Å². The Kier molecular flexibility index (Phi) is 5.07. The van der Waals surface area contributed by atoms with Crippen LogP contribution in [-0.2, 0) is 0 Å². The fourth-order valence-corrected chi connectivity index (χ4v) is 3.14. The fraction of sp³-hybridized carbons (Fsp3) is 0. The van der Waals surface area contributed by atoms with Gasteiger partial charge in [0.15, 0.2) is 11.5 Å². The molecule has 0 fully saturated rings. The van der Waals surface area contributed by atoms with Crippen molar-refractivity contribution in [2.75, 3.05) is 0 Å². The smallest absolute Gasteiger partial charge is 0.312 e. The molecule has 9 nitrogen and oxygen atoms in total. The minimum absolute atomic E-state index is 0.115. The van der Waals surface area contributed by atoms with Gasteiger partial charge >= 0.3 is 5.69 Å². The van der Waals surface area contributed by atoms with Crippen LogP contribution in [0.4, 0.5) is 11.4 Å². The molecule has 1 aromatic heterocycles. The lowest BCUT2D eigenvalue weighted by Crippen LogP contribution is -2.03. The van der Waals surface area contributed by atoms with E-state index in [0.717, 1.165) is 6.07 Å². The van der Waals surface area contributed by atoms with Gasteiger partial charge in [0.2, 0.25) is 5.75 Å². The van der Waals surface area contributed by atoms with Crippen molar-refractivity contribution in [3.8, 4) is 11.5 Å². The molecule has 0 aliphatic rings. The normalized spacial score (nSPS) is 10.6. The molecular formula is C22H13N3O6. The number of carbonyl (C=O) groups excluding carboxylic acids is 1. The Morgan fingerprint density at radius 2 is 1.48 bits per heavy atom. The third-order valence-corrected chi connectivity index (χ3v) is 4.58. The molecule has 3 aromatic carbocycles. The Balaban J connectivity index is 1.76. The molecule has 0 spiro atoms. The molecule has 4 rings (SSSR count). The Morgan fingerprint density at radius 3 is 2.19 bits per heavy atom. The van der Waals surface area contributed by atoms with Gasteiger partial charge in [0.1, 0.15) is 5.52 Å². The Hall–Kier alpha value is -4.66. The van der Waals surface area contributed by atoms with Crippen LogP contribution in [0.5, 0.6) is 11.5 Å². The number of non-ortho nitro benzene ring substituents is 1. The summed E-state index contributed by atoms with van der Waals surface area (Å²) in [6.45, 7) is 0. The molecule has 0 saturated heterocycles. The number of hydrogen-bond acceptors (Lipinski definition) is 7. The van der Waals surface area contributed by atoms with E-state index in [1.807, 2.05) is 0 Å². The lowest BCUT2D eigenvalue weighted by molar-refractivity contribution is -0.385. The monoisotopic (exact) mass is 415 g/mol. The minimum atomic E-state index is -0.655. The molecule has 0 radical (unpaired) electrons. The second-order valence-electron chi connectivity index (χ2n) is 6.48. The predicted octanol–water partition coefficient (Wildman–Crippen LogP) is 5.07. The van der Waals surface area contributed by atoms with E-state index in [0.29, 0.717) is 5.56 Å². The highest BCUT2D eigenvalue weighted by Crippen LogP contribution is 2.37. The van der Waals surface area contributed by atoms with Crippen molar-refractivity contribution in [2.24, 2.45) is 0 Å². The van der Waals surface area contributed by atoms with E-state index in [9.17, 15) is 25.0 Å². The summed E-state index contributed by atoms with van der Waals surface area (Å²) < 4.78 is 5.72. The molecule has 0 unspecified atom stereocenters. The summed E-state index contributed by atoms with van der Waals surface area (Å²) in [4.78, 5) is 38.5. The lowest BCUT2D eigenvalue weighted by atomic mass is 10.0. The van der Waals surface area contributed by atoms with Crippen molar-refractivity contribution in [2.45, 2.75) is 0 Å². The summed E-state index contributed by atoms with van der Waals surface area (Å²) in [7, 11) is 0. The fourth-order valence-electron chi connectivity index (χ4n) is 3.14. The SMILES string of the molecule is O=C(c1ccccc1)c1ccc(Oc2ccc([N+](=O)[O-])c3cccnc23)c([N+](=O)[O-])c1. The van der Waals surface area contributed by atoms with Crippen LogP contribution < -0.4 is 4.74 Å². The zero-order chi connectivity index (χ0) is 22.0. The van der Waals surface area contributed by atoms with E-state index in [-0.39, 0.29) is 39.4 Å². The number of nitro groups is 2. The van der Waals surface area contributed by atoms with Crippen molar-refractivity contribution in [3.05, 3.63) is 110 Å². The van der Waals surface area contributed by atoms with Crippen LogP contribution in [0.1, 0.15) is 15.9 Å². The van der Waals surface area contributed by atoms with Crippen LogP contribution in [0.25, 0.3) is 10.9 Å². The molecule has 152 valence electrons. The number of ketones is 1. The van der Waals surface area contributed by atoms with Gasteiger partial charge in [-0.3, -0.25) is 30.0 Å². The van der Waals surface area contributed by atoms with Crippen molar-refractivity contribution in [3.63, 3.8) is 0 Å². The molecule has 31 heavy (non-hydrogen) atoms. The van der Waals surface area contributed by atoms with Gasteiger partial charge in [-0.15, -0.1) is 0 Å². The number of pyridine rings is 1. The molecule has 0 aliphatic heterocycles. The van der Waals surface area contributed by atoms with Gasteiger partial charge < -0.3 is 4.74 Å². The molecule has 4 aromatic rings. The minimum Gasteiger partial charge on any atom is -0.448 e. The van der Waals surface area contributed by atoms with Gasteiger partial charge in [0.05, 0.1) is 15.2 Å². The number of hydrogen-bond donors (Lipinski definition) is 0. The first-order chi connectivity index (χ1) is 15.0. The number of ether oxygens (including phenoxy) is 1. The van der Waals surface area contributed by atoms with Gasteiger partial charge in [0, 0.05) is 29.5 Å². The average molecular weight is 415 g/mol. The second kappa shape index (κ2) is 7.99. The summed E-state index contributed by atoms with van der Waals surface area (Å²) in [5.74, 6) is -0.362. The second-order valence-corrected chi connectivity index (χ2v) is 6.48. The van der Waals surface area contributed by atoms with E-state index in [1.165, 1.54) is 36.5 Å². The first-order valence-electron chi connectivity index (χ1n) is 9.04. The third kappa shape index (κ3) is 3.79. The van der Waals surface area contributed by atoms with Gasteiger partial charge in [-0.05, 0) is 30.3 Å². The molecular weight excluding hydrogens is 402 g/mol. The topological polar surface area (TPSA) is 125 Å². The standard InChI is InChI=1S/C22H13N3O6/c26-22(14-5-2-1-3-6-14)15-8-10-19(18(13-15)25(29)30)31-20-11-9-17(24(27)28)16-7-4-12-23-21(16)20/h1-13H. The maximum Gasteiger partial charge on any atom is 0.312 e. The summed E-state index contributed by atoms with van der Waals surface area (Å²) in [5, 5.41) is 23.1. The highest BCUT2D eigenvalue weighted by Gasteiger charge is 2.22. The summed E-state index contributed by atoms with van der Waals surface area (Å²) >= 11 is 0. The van der Waals surface area contributed by atoms with Crippen LogP contribution in [0.3, 0.4) is 0 Å². The van der Waals surface area contributed by atoms with Gasteiger partial charge in [-0.25, -0.2) is 0 Å². The number of benzene rings is 3. The molecule has 0 aliphatic carbocycles. The third-order valence-electron chi connectivity index (χ3n) is 4.58. The molecule has 9 heteroatoms. The maximum absolute atomic E-state index is 12.6. The number of aromatic nitrogens is 1. The quantitative estimate of drug-likeness (QED) is 0.244. The number of rotatable bonds is 6. The average Bonchev–Trinajstić information content (AvgIpc) is 2.79. The highest BCUT2D eigenvalue weighted by atomic mass is 16.6. The molecule has 1 heterocycles. The molecule has 0 atom stereocenters. The lowest BCUT2D eigenvalue weighted by Gasteiger charge is -2.10. The van der Waals surface area contributed by atoms with Crippen molar-refractivity contribution in [1.29, 1.82) is 0 Å². The van der Waals surface area contributed by atoms with Crippen molar-refractivity contribution < 1.29 is 19.4 Å².